The maximum absolute atomic E-state index is 3.76. The van der Waals surface area contributed by atoms with E-state index in [0.717, 1.165) is 6.42 Å². The highest BCUT2D eigenvalue weighted by Gasteiger charge is 2.06. The maximum Gasteiger partial charge on any atom is -0.0139 e. The van der Waals surface area contributed by atoms with E-state index in [2.05, 4.69) is 13.5 Å². The number of allylic oxidation sites excluding steroid dienone is 3. The molecule has 0 aromatic carbocycles. The van der Waals surface area contributed by atoms with E-state index in [1.807, 2.05) is 6.08 Å². The third-order valence-corrected chi connectivity index (χ3v) is 2.27. The van der Waals surface area contributed by atoms with Gasteiger partial charge in [0.2, 0.25) is 0 Å². The van der Waals surface area contributed by atoms with Crippen LogP contribution in [0.5, 0.6) is 0 Å². The molecule has 0 fully saturated rings. The van der Waals surface area contributed by atoms with Crippen molar-refractivity contribution < 1.29 is 0 Å². The summed E-state index contributed by atoms with van der Waals surface area (Å²) >= 11 is 0. The van der Waals surface area contributed by atoms with Gasteiger partial charge in [-0.25, -0.2) is 0 Å². The zero-order chi connectivity index (χ0) is 7.40. The van der Waals surface area contributed by atoms with Gasteiger partial charge in [-0.2, -0.15) is 0 Å². The van der Waals surface area contributed by atoms with E-state index < -0.39 is 0 Å². The third-order valence-electron chi connectivity index (χ3n) is 2.27. The van der Waals surface area contributed by atoms with Crippen molar-refractivity contribution in [3.8, 4) is 0 Å². The first-order chi connectivity index (χ1) is 4.84. The summed E-state index contributed by atoms with van der Waals surface area (Å²) in [5.74, 6) is 0. The molecule has 0 aromatic heterocycles. The average molecular weight is 136 g/mol. The van der Waals surface area contributed by atoms with Crippen LogP contribution in [0.25, 0.3) is 0 Å². The highest BCUT2D eigenvalue weighted by Crippen LogP contribution is 2.26. The van der Waals surface area contributed by atoms with Crippen molar-refractivity contribution in [1.29, 1.82) is 0 Å². The Hall–Kier alpha value is -0.520. The predicted octanol–water partition coefficient (Wildman–Crippen LogP) is 3.45. The van der Waals surface area contributed by atoms with Gasteiger partial charge in [-0.3, -0.25) is 0 Å². The van der Waals surface area contributed by atoms with Crippen molar-refractivity contribution in [1.82, 2.24) is 0 Å². The van der Waals surface area contributed by atoms with Gasteiger partial charge >= 0.3 is 0 Å². The lowest BCUT2D eigenvalue weighted by molar-refractivity contribution is 0.662. The molecule has 0 bridgehead atoms. The third kappa shape index (κ3) is 1.73. The second-order valence-corrected chi connectivity index (χ2v) is 3.08. The van der Waals surface area contributed by atoms with Crippen LogP contribution >= 0.6 is 0 Å². The van der Waals surface area contributed by atoms with Crippen molar-refractivity contribution in [2.45, 2.75) is 39.0 Å². The molecule has 0 saturated carbocycles. The summed E-state index contributed by atoms with van der Waals surface area (Å²) in [4.78, 5) is 0. The van der Waals surface area contributed by atoms with Crippen molar-refractivity contribution in [2.75, 3.05) is 0 Å². The van der Waals surface area contributed by atoms with Crippen LogP contribution in [0.1, 0.15) is 39.0 Å². The molecule has 0 atom stereocenters. The molecule has 0 radical (unpaired) electrons. The molecule has 0 amide bonds. The van der Waals surface area contributed by atoms with Crippen LogP contribution in [0.4, 0.5) is 0 Å². The zero-order valence-corrected chi connectivity index (χ0v) is 6.82. The fraction of sp³-hybridized carbons (Fsp3) is 0.600. The van der Waals surface area contributed by atoms with E-state index in [-0.39, 0.29) is 0 Å². The van der Waals surface area contributed by atoms with Crippen LogP contribution in [0, 0.1) is 0 Å². The van der Waals surface area contributed by atoms with E-state index >= 15 is 0 Å². The van der Waals surface area contributed by atoms with E-state index in [9.17, 15) is 0 Å². The number of hydrogen-bond donors (Lipinski definition) is 0. The Morgan fingerprint density at radius 1 is 1.40 bits per heavy atom. The SMILES string of the molecule is C=CCC1=C(C)CCCC1. The molecule has 1 aliphatic rings. The molecule has 0 heterocycles. The second-order valence-electron chi connectivity index (χ2n) is 3.08. The summed E-state index contributed by atoms with van der Waals surface area (Å²) in [6.07, 6.45) is 8.56. The maximum atomic E-state index is 3.76. The van der Waals surface area contributed by atoms with Crippen LogP contribution in [0.3, 0.4) is 0 Å². The van der Waals surface area contributed by atoms with Gasteiger partial charge in [0.05, 0.1) is 0 Å². The smallest absolute Gasteiger partial charge is 0.0139 e. The zero-order valence-electron chi connectivity index (χ0n) is 6.82. The summed E-state index contributed by atoms with van der Waals surface area (Å²) < 4.78 is 0. The molecule has 10 heavy (non-hydrogen) atoms. The molecular formula is C10H16. The standard InChI is InChI=1S/C10H16/c1-3-6-10-8-5-4-7-9(10)2/h3H,1,4-8H2,2H3. The Balaban J connectivity index is 2.58. The fourth-order valence-electron chi connectivity index (χ4n) is 1.57. The summed E-state index contributed by atoms with van der Waals surface area (Å²) in [5, 5.41) is 0. The topological polar surface area (TPSA) is 0 Å². The van der Waals surface area contributed by atoms with Gasteiger partial charge in [0.15, 0.2) is 0 Å². The Morgan fingerprint density at radius 2 is 2.10 bits per heavy atom. The molecule has 0 saturated heterocycles. The molecule has 0 spiro atoms. The van der Waals surface area contributed by atoms with Crippen molar-refractivity contribution in [3.63, 3.8) is 0 Å². The van der Waals surface area contributed by atoms with Gasteiger partial charge in [-0.05, 0) is 39.0 Å². The lowest BCUT2D eigenvalue weighted by atomic mass is 9.91. The molecular weight excluding hydrogens is 120 g/mol. The molecule has 0 nitrogen and oxygen atoms in total. The lowest BCUT2D eigenvalue weighted by Gasteiger charge is -2.15. The minimum absolute atomic E-state index is 1.12. The van der Waals surface area contributed by atoms with Crippen LogP contribution in [-0.2, 0) is 0 Å². The Labute approximate surface area is 63.6 Å². The van der Waals surface area contributed by atoms with Gasteiger partial charge < -0.3 is 0 Å². The van der Waals surface area contributed by atoms with Crippen LogP contribution in [0.2, 0.25) is 0 Å². The van der Waals surface area contributed by atoms with Crippen LogP contribution < -0.4 is 0 Å². The van der Waals surface area contributed by atoms with E-state index in [0.29, 0.717) is 0 Å². The lowest BCUT2D eigenvalue weighted by Crippen LogP contribution is -1.95. The van der Waals surface area contributed by atoms with Gasteiger partial charge in [-0.1, -0.05) is 17.2 Å². The van der Waals surface area contributed by atoms with Crippen molar-refractivity contribution in [3.05, 3.63) is 23.8 Å². The van der Waals surface area contributed by atoms with Crippen molar-refractivity contribution >= 4 is 0 Å². The predicted molar refractivity (Wildman–Crippen MR) is 46.0 cm³/mol. The summed E-state index contributed by atoms with van der Waals surface area (Å²) in [6, 6.07) is 0. The summed E-state index contributed by atoms with van der Waals surface area (Å²) in [7, 11) is 0. The largest absolute Gasteiger partial charge is 0.103 e. The normalized spacial score (nSPS) is 19.3. The highest BCUT2D eigenvalue weighted by molar-refractivity contribution is 5.16. The Kier molecular flexibility index (Phi) is 2.73. The fourth-order valence-corrected chi connectivity index (χ4v) is 1.57. The molecule has 0 heteroatoms. The second kappa shape index (κ2) is 3.60. The minimum Gasteiger partial charge on any atom is -0.103 e. The van der Waals surface area contributed by atoms with Gasteiger partial charge in [0.1, 0.15) is 0 Å². The van der Waals surface area contributed by atoms with Crippen molar-refractivity contribution in [2.24, 2.45) is 0 Å². The molecule has 1 rings (SSSR count). The molecule has 56 valence electrons. The minimum atomic E-state index is 1.12. The molecule has 0 N–H and O–H groups in total. The summed E-state index contributed by atoms with van der Waals surface area (Å²) in [6.45, 7) is 6.02. The Bertz CT molecular complexity index is 151. The van der Waals surface area contributed by atoms with Crippen LogP contribution in [0.15, 0.2) is 23.8 Å². The average Bonchev–Trinajstić information content (AvgIpc) is 1.94. The van der Waals surface area contributed by atoms with Gasteiger partial charge in [0, 0.05) is 0 Å². The number of rotatable bonds is 2. The molecule has 0 unspecified atom stereocenters. The quantitative estimate of drug-likeness (QED) is 0.510. The molecule has 1 aliphatic carbocycles. The first-order valence-corrected chi connectivity index (χ1v) is 4.13. The summed E-state index contributed by atoms with van der Waals surface area (Å²) in [5.41, 5.74) is 3.26. The molecule has 0 aromatic rings. The van der Waals surface area contributed by atoms with E-state index in [4.69, 9.17) is 0 Å². The van der Waals surface area contributed by atoms with Gasteiger partial charge in [-0.15, -0.1) is 6.58 Å². The highest BCUT2D eigenvalue weighted by atomic mass is 14.1. The molecule has 0 aliphatic heterocycles. The first kappa shape index (κ1) is 7.59. The number of hydrogen-bond acceptors (Lipinski definition) is 0. The first-order valence-electron chi connectivity index (χ1n) is 4.13. The van der Waals surface area contributed by atoms with Gasteiger partial charge in [0.25, 0.3) is 0 Å². The Morgan fingerprint density at radius 3 is 2.70 bits per heavy atom. The van der Waals surface area contributed by atoms with Crippen LogP contribution in [-0.4, -0.2) is 0 Å². The monoisotopic (exact) mass is 136 g/mol. The van der Waals surface area contributed by atoms with E-state index in [1.54, 1.807) is 11.1 Å². The van der Waals surface area contributed by atoms with E-state index in [1.165, 1.54) is 25.7 Å².